The van der Waals surface area contributed by atoms with Gasteiger partial charge in [-0.15, -0.1) is 0 Å². The van der Waals surface area contributed by atoms with Gasteiger partial charge in [-0.25, -0.2) is 0 Å². The quantitative estimate of drug-likeness (QED) is 0.610. The molecule has 64 valence electrons. The van der Waals surface area contributed by atoms with Crippen LogP contribution in [0.1, 0.15) is 13.8 Å². The Kier molecular flexibility index (Phi) is 3.09. The Morgan fingerprint density at radius 2 is 1.91 bits per heavy atom. The monoisotopic (exact) mass is 154 g/mol. The summed E-state index contributed by atoms with van der Waals surface area (Å²) in [6.07, 6.45) is 4.43. The molecule has 0 fully saturated rings. The third kappa shape index (κ3) is 2.04. The Morgan fingerprint density at radius 3 is 2.27 bits per heavy atom. The van der Waals surface area contributed by atoms with E-state index in [-0.39, 0.29) is 0 Å². The van der Waals surface area contributed by atoms with Gasteiger partial charge in [-0.3, -0.25) is 4.90 Å². The van der Waals surface area contributed by atoms with E-state index in [1.54, 1.807) is 0 Å². The first-order chi connectivity index (χ1) is 5.25. The summed E-state index contributed by atoms with van der Waals surface area (Å²) in [6.45, 7) is 7.41. The minimum Gasteiger partial charge on any atom is -0.329 e. The summed E-state index contributed by atoms with van der Waals surface area (Å²) in [7, 11) is 0. The molecule has 0 bridgehead atoms. The van der Waals surface area contributed by atoms with Crippen LogP contribution >= 0.6 is 0 Å². The van der Waals surface area contributed by atoms with E-state index in [9.17, 15) is 0 Å². The van der Waals surface area contributed by atoms with Crippen molar-refractivity contribution in [1.82, 2.24) is 4.90 Å². The van der Waals surface area contributed by atoms with E-state index in [4.69, 9.17) is 5.73 Å². The minimum atomic E-state index is 0.560. The fraction of sp³-hybridized carbons (Fsp3) is 0.778. The number of nitrogens with zero attached hydrogens (tertiary/aromatic N) is 1. The number of hydrogen-bond donors (Lipinski definition) is 1. The van der Waals surface area contributed by atoms with E-state index in [0.717, 1.165) is 19.6 Å². The summed E-state index contributed by atoms with van der Waals surface area (Å²) in [5.74, 6) is 0.667. The molecule has 1 rings (SSSR count). The van der Waals surface area contributed by atoms with E-state index in [2.05, 4.69) is 30.9 Å². The van der Waals surface area contributed by atoms with Gasteiger partial charge in [0, 0.05) is 25.7 Å². The van der Waals surface area contributed by atoms with Crippen molar-refractivity contribution in [3.63, 3.8) is 0 Å². The zero-order chi connectivity index (χ0) is 8.27. The molecule has 1 heterocycles. The van der Waals surface area contributed by atoms with Gasteiger partial charge in [0.25, 0.3) is 0 Å². The standard InChI is InChI=1S/C9H18N2/c1-8(2)9(7-10)11-5-3-4-6-11/h3-4,8-9H,5-7,10H2,1-2H3. The summed E-state index contributed by atoms with van der Waals surface area (Å²) < 4.78 is 0. The highest BCUT2D eigenvalue weighted by Gasteiger charge is 2.20. The zero-order valence-electron chi connectivity index (χ0n) is 7.46. The minimum absolute atomic E-state index is 0.560. The van der Waals surface area contributed by atoms with Crippen LogP contribution in [0.4, 0.5) is 0 Å². The number of rotatable bonds is 3. The van der Waals surface area contributed by atoms with Crippen LogP contribution in [-0.2, 0) is 0 Å². The predicted octanol–water partition coefficient (Wildman–Crippen LogP) is 0.842. The van der Waals surface area contributed by atoms with Gasteiger partial charge in [0.05, 0.1) is 0 Å². The van der Waals surface area contributed by atoms with E-state index in [1.807, 2.05) is 0 Å². The van der Waals surface area contributed by atoms with Crippen molar-refractivity contribution in [2.45, 2.75) is 19.9 Å². The largest absolute Gasteiger partial charge is 0.329 e. The van der Waals surface area contributed by atoms with Crippen LogP contribution in [0.15, 0.2) is 12.2 Å². The maximum Gasteiger partial charge on any atom is 0.0247 e. The molecule has 0 radical (unpaired) electrons. The lowest BCUT2D eigenvalue weighted by Crippen LogP contribution is -2.42. The van der Waals surface area contributed by atoms with Crippen molar-refractivity contribution >= 4 is 0 Å². The normalized spacial score (nSPS) is 21.5. The second-order valence-electron chi connectivity index (χ2n) is 3.47. The highest BCUT2D eigenvalue weighted by Crippen LogP contribution is 2.12. The van der Waals surface area contributed by atoms with Gasteiger partial charge in [-0.05, 0) is 5.92 Å². The molecule has 1 atom stereocenters. The molecule has 0 aromatic carbocycles. The molecule has 0 aromatic rings. The van der Waals surface area contributed by atoms with Crippen LogP contribution in [0, 0.1) is 5.92 Å². The van der Waals surface area contributed by atoms with Crippen LogP contribution in [-0.4, -0.2) is 30.6 Å². The summed E-state index contributed by atoms with van der Waals surface area (Å²) in [6, 6.07) is 0.560. The smallest absolute Gasteiger partial charge is 0.0247 e. The predicted molar refractivity (Wildman–Crippen MR) is 48.4 cm³/mol. The fourth-order valence-electron chi connectivity index (χ4n) is 1.61. The number of hydrogen-bond acceptors (Lipinski definition) is 2. The maximum absolute atomic E-state index is 5.68. The van der Waals surface area contributed by atoms with Crippen LogP contribution in [0.25, 0.3) is 0 Å². The molecule has 0 amide bonds. The lowest BCUT2D eigenvalue weighted by atomic mass is 10.0. The Hall–Kier alpha value is -0.340. The Labute approximate surface area is 69.1 Å². The first kappa shape index (κ1) is 8.75. The molecule has 2 N–H and O–H groups in total. The van der Waals surface area contributed by atoms with Crippen molar-refractivity contribution in [2.75, 3.05) is 19.6 Å². The van der Waals surface area contributed by atoms with Crippen molar-refractivity contribution < 1.29 is 0 Å². The van der Waals surface area contributed by atoms with Gasteiger partial charge in [-0.1, -0.05) is 26.0 Å². The third-order valence-electron chi connectivity index (χ3n) is 2.33. The zero-order valence-corrected chi connectivity index (χ0v) is 7.46. The fourth-order valence-corrected chi connectivity index (χ4v) is 1.61. The van der Waals surface area contributed by atoms with Crippen molar-refractivity contribution in [3.8, 4) is 0 Å². The first-order valence-corrected chi connectivity index (χ1v) is 4.35. The molecule has 0 saturated heterocycles. The molecule has 0 saturated carbocycles. The highest BCUT2D eigenvalue weighted by atomic mass is 15.2. The summed E-state index contributed by atoms with van der Waals surface area (Å²) >= 11 is 0. The second-order valence-corrected chi connectivity index (χ2v) is 3.47. The van der Waals surface area contributed by atoms with Gasteiger partial charge >= 0.3 is 0 Å². The number of nitrogens with two attached hydrogens (primary N) is 1. The molecular formula is C9H18N2. The van der Waals surface area contributed by atoms with Crippen molar-refractivity contribution in [1.29, 1.82) is 0 Å². The average Bonchev–Trinajstić information content (AvgIpc) is 2.40. The van der Waals surface area contributed by atoms with Gasteiger partial charge < -0.3 is 5.73 Å². The molecule has 1 aliphatic heterocycles. The third-order valence-corrected chi connectivity index (χ3v) is 2.33. The van der Waals surface area contributed by atoms with Gasteiger partial charge in [0.1, 0.15) is 0 Å². The van der Waals surface area contributed by atoms with Gasteiger partial charge in [0.2, 0.25) is 0 Å². The summed E-state index contributed by atoms with van der Waals surface area (Å²) in [4.78, 5) is 2.42. The molecule has 0 aromatic heterocycles. The van der Waals surface area contributed by atoms with Gasteiger partial charge in [0.15, 0.2) is 0 Å². The molecular weight excluding hydrogens is 136 g/mol. The topological polar surface area (TPSA) is 29.3 Å². The van der Waals surface area contributed by atoms with Crippen LogP contribution in [0.2, 0.25) is 0 Å². The van der Waals surface area contributed by atoms with Crippen molar-refractivity contribution in [3.05, 3.63) is 12.2 Å². The van der Waals surface area contributed by atoms with Crippen LogP contribution in [0.3, 0.4) is 0 Å². The first-order valence-electron chi connectivity index (χ1n) is 4.35. The Morgan fingerprint density at radius 1 is 1.36 bits per heavy atom. The van der Waals surface area contributed by atoms with E-state index < -0.39 is 0 Å². The van der Waals surface area contributed by atoms with E-state index in [0.29, 0.717) is 12.0 Å². The molecule has 2 heteroatoms. The molecule has 2 nitrogen and oxygen atoms in total. The average molecular weight is 154 g/mol. The second kappa shape index (κ2) is 3.88. The lowest BCUT2D eigenvalue weighted by molar-refractivity contribution is 0.205. The molecule has 0 aliphatic carbocycles. The SMILES string of the molecule is CC(C)C(CN)N1CC=CC1. The van der Waals surface area contributed by atoms with Crippen LogP contribution in [0.5, 0.6) is 0 Å². The summed E-state index contributed by atoms with van der Waals surface area (Å²) in [5.41, 5.74) is 5.68. The molecule has 1 unspecified atom stereocenters. The molecule has 11 heavy (non-hydrogen) atoms. The van der Waals surface area contributed by atoms with E-state index in [1.165, 1.54) is 0 Å². The lowest BCUT2D eigenvalue weighted by Gasteiger charge is -2.29. The van der Waals surface area contributed by atoms with E-state index >= 15 is 0 Å². The molecule has 0 spiro atoms. The Bertz CT molecular complexity index is 132. The van der Waals surface area contributed by atoms with Crippen LogP contribution < -0.4 is 5.73 Å². The summed E-state index contributed by atoms with van der Waals surface area (Å²) in [5, 5.41) is 0. The van der Waals surface area contributed by atoms with Crippen molar-refractivity contribution in [2.24, 2.45) is 11.7 Å². The van der Waals surface area contributed by atoms with Gasteiger partial charge in [-0.2, -0.15) is 0 Å². The maximum atomic E-state index is 5.68. The Balaban J connectivity index is 2.42. The molecule has 1 aliphatic rings. The highest BCUT2D eigenvalue weighted by molar-refractivity contribution is 4.98.